The van der Waals surface area contributed by atoms with Gasteiger partial charge in [0.05, 0.1) is 13.6 Å². The van der Waals surface area contributed by atoms with Crippen molar-refractivity contribution in [1.82, 2.24) is 4.57 Å². The van der Waals surface area contributed by atoms with Crippen LogP contribution in [0.15, 0.2) is 12.4 Å². The van der Waals surface area contributed by atoms with E-state index in [1.54, 1.807) is 0 Å². The van der Waals surface area contributed by atoms with Crippen LogP contribution < -0.4 is 4.57 Å². The van der Waals surface area contributed by atoms with Gasteiger partial charge in [0.1, 0.15) is 12.4 Å². The molecule has 62 valence electrons. The molecule has 0 aromatic carbocycles. The van der Waals surface area contributed by atoms with Gasteiger partial charge >= 0.3 is 0 Å². The van der Waals surface area contributed by atoms with E-state index in [1.807, 2.05) is 0 Å². The number of hydrogen-bond acceptors (Lipinski definition) is 0. The number of rotatable bonds is 3. The Morgan fingerprint density at radius 2 is 2.18 bits per heavy atom. The Morgan fingerprint density at radius 3 is 2.73 bits per heavy atom. The van der Waals surface area contributed by atoms with Crippen LogP contribution in [0.5, 0.6) is 0 Å². The van der Waals surface area contributed by atoms with Gasteiger partial charge in [0.25, 0.3) is 5.82 Å². The Kier molecular flexibility index (Phi) is 2.69. The van der Waals surface area contributed by atoms with E-state index >= 15 is 0 Å². The van der Waals surface area contributed by atoms with E-state index in [0.717, 1.165) is 13.0 Å². The molecule has 0 aliphatic heterocycles. The number of hydrogen-bond donors (Lipinski definition) is 0. The molecule has 2 nitrogen and oxygen atoms in total. The van der Waals surface area contributed by atoms with Gasteiger partial charge in [0.2, 0.25) is 0 Å². The van der Waals surface area contributed by atoms with Crippen LogP contribution in [0.4, 0.5) is 0 Å². The van der Waals surface area contributed by atoms with Gasteiger partial charge in [-0.25, -0.2) is 9.13 Å². The largest absolute Gasteiger partial charge is 0.255 e. The van der Waals surface area contributed by atoms with Crippen molar-refractivity contribution in [3.05, 3.63) is 18.2 Å². The molecule has 2 heteroatoms. The number of aryl methyl sites for hydroxylation is 2. The minimum Gasteiger partial charge on any atom is -0.237 e. The van der Waals surface area contributed by atoms with Gasteiger partial charge in [-0.05, 0) is 6.42 Å². The highest BCUT2D eigenvalue weighted by Gasteiger charge is 2.09. The molecule has 0 spiro atoms. The highest BCUT2D eigenvalue weighted by atomic mass is 15.1. The van der Waals surface area contributed by atoms with Gasteiger partial charge in [-0.1, -0.05) is 13.8 Å². The molecule has 0 aliphatic rings. The minimum absolute atomic E-state index is 1.11. The fourth-order valence-electron chi connectivity index (χ4n) is 1.45. The summed E-state index contributed by atoms with van der Waals surface area (Å²) >= 11 is 0. The zero-order valence-corrected chi connectivity index (χ0v) is 7.67. The molecule has 0 atom stereocenters. The van der Waals surface area contributed by atoms with Gasteiger partial charge in [0, 0.05) is 6.42 Å². The van der Waals surface area contributed by atoms with E-state index in [2.05, 4.69) is 42.4 Å². The monoisotopic (exact) mass is 153 g/mol. The number of nitrogens with zero attached hydrogens (tertiary/aromatic N) is 2. The first-order valence-electron chi connectivity index (χ1n) is 4.33. The molecule has 0 saturated carbocycles. The van der Waals surface area contributed by atoms with Gasteiger partial charge in [-0.3, -0.25) is 0 Å². The maximum atomic E-state index is 2.32. The zero-order chi connectivity index (χ0) is 8.27. The molecule has 1 rings (SSSR count). The quantitative estimate of drug-likeness (QED) is 0.578. The van der Waals surface area contributed by atoms with E-state index in [4.69, 9.17) is 0 Å². The van der Waals surface area contributed by atoms with Crippen molar-refractivity contribution in [1.29, 1.82) is 0 Å². The Morgan fingerprint density at radius 1 is 1.45 bits per heavy atom. The van der Waals surface area contributed by atoms with E-state index in [0.29, 0.717) is 0 Å². The summed E-state index contributed by atoms with van der Waals surface area (Å²) in [5.41, 5.74) is 0. The van der Waals surface area contributed by atoms with Crippen LogP contribution >= 0.6 is 0 Å². The molecule has 0 unspecified atom stereocenters. The minimum atomic E-state index is 1.11. The summed E-state index contributed by atoms with van der Waals surface area (Å²) in [5, 5.41) is 0. The second-order valence-electron chi connectivity index (χ2n) is 2.87. The average Bonchev–Trinajstić information content (AvgIpc) is 2.33. The van der Waals surface area contributed by atoms with Crippen molar-refractivity contribution in [3.8, 4) is 0 Å². The van der Waals surface area contributed by atoms with Crippen LogP contribution in [0.3, 0.4) is 0 Å². The lowest BCUT2D eigenvalue weighted by molar-refractivity contribution is -0.678. The van der Waals surface area contributed by atoms with Gasteiger partial charge < -0.3 is 0 Å². The predicted octanol–water partition coefficient (Wildman–Crippen LogP) is 1.29. The smallest absolute Gasteiger partial charge is 0.237 e. The molecule has 0 aliphatic carbocycles. The summed E-state index contributed by atoms with van der Waals surface area (Å²) < 4.78 is 4.51. The molecule has 0 radical (unpaired) electrons. The van der Waals surface area contributed by atoms with Crippen LogP contribution in [-0.2, 0) is 20.0 Å². The average molecular weight is 153 g/mol. The fourth-order valence-corrected chi connectivity index (χ4v) is 1.45. The highest BCUT2D eigenvalue weighted by molar-refractivity contribution is 4.82. The van der Waals surface area contributed by atoms with Crippen molar-refractivity contribution in [2.75, 3.05) is 0 Å². The normalized spacial score (nSPS) is 10.5. The molecule has 0 N–H and O–H groups in total. The molecule has 1 aromatic rings. The summed E-state index contributed by atoms with van der Waals surface area (Å²) in [6, 6.07) is 0. The maximum absolute atomic E-state index is 2.32. The third-order valence-electron chi connectivity index (χ3n) is 1.99. The molecule has 0 fully saturated rings. The summed E-state index contributed by atoms with van der Waals surface area (Å²) in [6.45, 7) is 5.55. The van der Waals surface area contributed by atoms with Crippen LogP contribution in [0, 0.1) is 0 Å². The molecule has 1 aromatic heterocycles. The lowest BCUT2D eigenvalue weighted by Gasteiger charge is -1.96. The highest BCUT2D eigenvalue weighted by Crippen LogP contribution is 1.97. The molecular formula is C9H17N2+. The first kappa shape index (κ1) is 8.31. The number of aromatic nitrogens is 2. The topological polar surface area (TPSA) is 8.81 Å². The van der Waals surface area contributed by atoms with E-state index in [-0.39, 0.29) is 0 Å². The Hall–Kier alpha value is -0.790. The van der Waals surface area contributed by atoms with Crippen molar-refractivity contribution < 1.29 is 4.57 Å². The molecule has 0 amide bonds. The second kappa shape index (κ2) is 3.56. The first-order chi connectivity index (χ1) is 5.29. The zero-order valence-electron chi connectivity index (χ0n) is 7.67. The van der Waals surface area contributed by atoms with Crippen molar-refractivity contribution in [2.45, 2.75) is 33.2 Å². The first-order valence-corrected chi connectivity index (χ1v) is 4.33. The second-order valence-corrected chi connectivity index (χ2v) is 2.87. The van der Waals surface area contributed by atoms with Crippen LogP contribution in [0.25, 0.3) is 0 Å². The summed E-state index contributed by atoms with van der Waals surface area (Å²) in [4.78, 5) is 0. The summed E-state index contributed by atoms with van der Waals surface area (Å²) in [7, 11) is 2.10. The summed E-state index contributed by atoms with van der Waals surface area (Å²) in [6.07, 6.45) is 6.60. The Bertz CT molecular complexity index is 225. The van der Waals surface area contributed by atoms with Crippen LogP contribution in [0.2, 0.25) is 0 Å². The van der Waals surface area contributed by atoms with Crippen molar-refractivity contribution in [3.63, 3.8) is 0 Å². The Labute approximate surface area is 68.5 Å². The molecule has 0 bridgehead atoms. The standard InChI is InChI=1S/C9H17N2/c1-4-6-11-8-7-10(3)9(11)5-2/h7-8H,4-6H2,1-3H3/q+1. The lowest BCUT2D eigenvalue weighted by Crippen LogP contribution is -2.31. The fraction of sp³-hybridized carbons (Fsp3) is 0.667. The van der Waals surface area contributed by atoms with E-state index in [1.165, 1.54) is 12.2 Å². The maximum Gasteiger partial charge on any atom is 0.255 e. The van der Waals surface area contributed by atoms with Crippen LogP contribution in [0.1, 0.15) is 26.1 Å². The Balaban J connectivity index is 2.86. The van der Waals surface area contributed by atoms with Crippen molar-refractivity contribution >= 4 is 0 Å². The van der Waals surface area contributed by atoms with E-state index < -0.39 is 0 Å². The SMILES string of the molecule is CCCn1cc[n+](C)c1CC. The molecule has 0 saturated heterocycles. The number of imidazole rings is 1. The molecule has 11 heavy (non-hydrogen) atoms. The third-order valence-corrected chi connectivity index (χ3v) is 1.99. The molecule has 1 heterocycles. The van der Waals surface area contributed by atoms with Crippen molar-refractivity contribution in [2.24, 2.45) is 7.05 Å². The predicted molar refractivity (Wildman–Crippen MR) is 45.3 cm³/mol. The van der Waals surface area contributed by atoms with E-state index in [9.17, 15) is 0 Å². The van der Waals surface area contributed by atoms with Gasteiger partial charge in [-0.15, -0.1) is 0 Å². The molecular weight excluding hydrogens is 136 g/mol. The van der Waals surface area contributed by atoms with Gasteiger partial charge in [-0.2, -0.15) is 0 Å². The summed E-state index contributed by atoms with van der Waals surface area (Å²) in [5.74, 6) is 1.41. The van der Waals surface area contributed by atoms with Gasteiger partial charge in [0.15, 0.2) is 0 Å². The van der Waals surface area contributed by atoms with Crippen LogP contribution in [-0.4, -0.2) is 4.57 Å². The lowest BCUT2D eigenvalue weighted by atomic mass is 10.4. The third kappa shape index (κ3) is 1.62.